The molecule has 124 valence electrons. The summed E-state index contributed by atoms with van der Waals surface area (Å²) in [5.41, 5.74) is 3.14. The number of fused-ring (bicyclic) bond motifs is 1. The van der Waals surface area contributed by atoms with Crippen LogP contribution in [0.5, 0.6) is 0 Å². The highest BCUT2D eigenvalue weighted by molar-refractivity contribution is 7.98. The van der Waals surface area contributed by atoms with Crippen LogP contribution in [0.1, 0.15) is 5.56 Å². The van der Waals surface area contributed by atoms with Gasteiger partial charge in [0.2, 0.25) is 0 Å². The van der Waals surface area contributed by atoms with E-state index in [4.69, 9.17) is 4.98 Å². The average molecular weight is 364 g/mol. The Balaban J connectivity index is 1.71. The highest BCUT2D eigenvalue weighted by Crippen LogP contribution is 2.32. The number of thiophene rings is 1. The number of thioether (sulfide) groups is 1. The maximum absolute atomic E-state index is 12.7. The second-order valence-corrected chi connectivity index (χ2v) is 7.72. The van der Waals surface area contributed by atoms with Crippen LogP contribution in [0.15, 0.2) is 76.7 Å². The van der Waals surface area contributed by atoms with E-state index in [1.165, 1.54) is 16.9 Å². The largest absolute Gasteiger partial charge is 0.290 e. The SMILES string of the molecule is Cn1c(SCc2ccccc2)nc2cc(-c3ccccc3)sc2c1=O. The van der Waals surface area contributed by atoms with Gasteiger partial charge < -0.3 is 0 Å². The lowest BCUT2D eigenvalue weighted by Crippen LogP contribution is -2.18. The van der Waals surface area contributed by atoms with Gasteiger partial charge in [0.25, 0.3) is 5.56 Å². The number of hydrogen-bond acceptors (Lipinski definition) is 4. The van der Waals surface area contributed by atoms with E-state index in [2.05, 4.69) is 24.3 Å². The van der Waals surface area contributed by atoms with Crippen LogP contribution in [0, 0.1) is 0 Å². The Bertz CT molecular complexity index is 1070. The molecular formula is C20H16N2OS2. The molecule has 0 fully saturated rings. The minimum Gasteiger partial charge on any atom is -0.290 e. The minimum absolute atomic E-state index is 0.0211. The molecule has 2 aromatic carbocycles. The molecule has 0 spiro atoms. The van der Waals surface area contributed by atoms with Crippen LogP contribution in [-0.2, 0) is 12.8 Å². The summed E-state index contributed by atoms with van der Waals surface area (Å²) in [6.07, 6.45) is 0. The maximum Gasteiger partial charge on any atom is 0.271 e. The van der Waals surface area contributed by atoms with E-state index >= 15 is 0 Å². The summed E-state index contributed by atoms with van der Waals surface area (Å²) in [4.78, 5) is 18.5. The van der Waals surface area contributed by atoms with Gasteiger partial charge in [0.05, 0.1) is 5.52 Å². The first-order valence-electron chi connectivity index (χ1n) is 7.95. The van der Waals surface area contributed by atoms with Crippen molar-refractivity contribution in [1.82, 2.24) is 9.55 Å². The average Bonchev–Trinajstić information content (AvgIpc) is 3.09. The fourth-order valence-electron chi connectivity index (χ4n) is 2.63. The molecule has 4 aromatic rings. The lowest BCUT2D eigenvalue weighted by atomic mass is 10.2. The van der Waals surface area contributed by atoms with Gasteiger partial charge in [0.15, 0.2) is 5.16 Å². The van der Waals surface area contributed by atoms with Crippen molar-refractivity contribution in [3.05, 3.63) is 82.6 Å². The standard InChI is InChI=1S/C20H16N2OS2/c1-22-19(23)18-16(12-17(25-18)15-10-6-3-7-11-15)21-20(22)24-13-14-8-4-2-5-9-14/h2-12H,13H2,1H3. The number of nitrogens with zero attached hydrogens (tertiary/aromatic N) is 2. The summed E-state index contributed by atoms with van der Waals surface area (Å²) in [5, 5.41) is 0.749. The van der Waals surface area contributed by atoms with Crippen molar-refractivity contribution in [3.8, 4) is 10.4 Å². The molecule has 3 nitrogen and oxygen atoms in total. The van der Waals surface area contributed by atoms with Crippen molar-refractivity contribution < 1.29 is 0 Å². The lowest BCUT2D eigenvalue weighted by molar-refractivity contribution is 0.728. The Morgan fingerprint density at radius 2 is 1.72 bits per heavy atom. The van der Waals surface area contributed by atoms with Crippen molar-refractivity contribution >= 4 is 33.3 Å². The summed E-state index contributed by atoms with van der Waals surface area (Å²) in [5.74, 6) is 0.794. The first-order valence-corrected chi connectivity index (χ1v) is 9.75. The summed E-state index contributed by atoms with van der Waals surface area (Å²) in [7, 11) is 1.80. The molecule has 25 heavy (non-hydrogen) atoms. The molecule has 4 rings (SSSR count). The molecule has 0 bridgehead atoms. The monoisotopic (exact) mass is 364 g/mol. The Labute approximate surface area is 154 Å². The zero-order chi connectivity index (χ0) is 17.2. The zero-order valence-electron chi connectivity index (χ0n) is 13.7. The molecule has 0 radical (unpaired) electrons. The highest BCUT2D eigenvalue weighted by atomic mass is 32.2. The van der Waals surface area contributed by atoms with E-state index in [0.717, 1.165) is 26.9 Å². The third-order valence-electron chi connectivity index (χ3n) is 3.98. The second kappa shape index (κ2) is 6.86. The van der Waals surface area contributed by atoms with Crippen molar-refractivity contribution in [1.29, 1.82) is 0 Å². The molecule has 0 N–H and O–H groups in total. The normalized spacial score (nSPS) is 11.1. The molecule has 0 saturated heterocycles. The molecule has 0 amide bonds. The highest BCUT2D eigenvalue weighted by Gasteiger charge is 2.13. The van der Waals surface area contributed by atoms with E-state index in [9.17, 15) is 4.79 Å². The van der Waals surface area contributed by atoms with Gasteiger partial charge in [-0.2, -0.15) is 0 Å². The molecule has 0 saturated carbocycles. The van der Waals surface area contributed by atoms with E-state index in [1.54, 1.807) is 23.4 Å². The smallest absolute Gasteiger partial charge is 0.271 e. The van der Waals surface area contributed by atoms with Gasteiger partial charge in [-0.05, 0) is 17.2 Å². The second-order valence-electron chi connectivity index (χ2n) is 5.72. The number of hydrogen-bond donors (Lipinski definition) is 0. The van der Waals surface area contributed by atoms with Crippen LogP contribution in [0.25, 0.3) is 20.7 Å². The van der Waals surface area contributed by atoms with Gasteiger partial charge in [0, 0.05) is 17.7 Å². The van der Waals surface area contributed by atoms with Gasteiger partial charge in [-0.3, -0.25) is 9.36 Å². The molecular weight excluding hydrogens is 348 g/mol. The van der Waals surface area contributed by atoms with Crippen molar-refractivity contribution in [2.45, 2.75) is 10.9 Å². The third kappa shape index (κ3) is 3.25. The summed E-state index contributed by atoms with van der Waals surface area (Å²) < 4.78 is 2.37. The fourth-order valence-corrected chi connectivity index (χ4v) is 4.64. The van der Waals surface area contributed by atoms with Crippen LogP contribution < -0.4 is 5.56 Å². The maximum atomic E-state index is 12.7. The summed E-state index contributed by atoms with van der Waals surface area (Å²) in [6.45, 7) is 0. The molecule has 0 atom stereocenters. The Kier molecular flexibility index (Phi) is 4.42. The Morgan fingerprint density at radius 3 is 2.44 bits per heavy atom. The van der Waals surface area contributed by atoms with Crippen molar-refractivity contribution in [3.63, 3.8) is 0 Å². The molecule has 0 unspecified atom stereocenters. The van der Waals surface area contributed by atoms with Gasteiger partial charge in [0.1, 0.15) is 4.70 Å². The van der Waals surface area contributed by atoms with E-state index in [-0.39, 0.29) is 5.56 Å². The van der Waals surface area contributed by atoms with Crippen molar-refractivity contribution in [2.24, 2.45) is 7.05 Å². The minimum atomic E-state index is 0.0211. The molecule has 0 aliphatic carbocycles. The third-order valence-corrected chi connectivity index (χ3v) is 6.25. The zero-order valence-corrected chi connectivity index (χ0v) is 15.3. The van der Waals surface area contributed by atoms with E-state index in [0.29, 0.717) is 4.70 Å². The summed E-state index contributed by atoms with van der Waals surface area (Å²) in [6, 6.07) is 22.4. The van der Waals surface area contributed by atoms with Gasteiger partial charge in [-0.25, -0.2) is 4.98 Å². The lowest BCUT2D eigenvalue weighted by Gasteiger charge is -2.06. The van der Waals surface area contributed by atoms with Gasteiger partial charge in [-0.1, -0.05) is 72.4 Å². The summed E-state index contributed by atoms with van der Waals surface area (Å²) >= 11 is 3.10. The van der Waals surface area contributed by atoms with Crippen LogP contribution >= 0.6 is 23.1 Å². The first kappa shape index (κ1) is 16.1. The van der Waals surface area contributed by atoms with Crippen LogP contribution in [0.2, 0.25) is 0 Å². The van der Waals surface area contributed by atoms with E-state index in [1.807, 2.05) is 42.5 Å². The van der Waals surface area contributed by atoms with Crippen molar-refractivity contribution in [2.75, 3.05) is 0 Å². The predicted octanol–water partition coefficient (Wildman–Crippen LogP) is 4.95. The van der Waals surface area contributed by atoms with Crippen LogP contribution in [0.4, 0.5) is 0 Å². The topological polar surface area (TPSA) is 34.9 Å². The molecule has 0 aliphatic rings. The molecule has 5 heteroatoms. The first-order chi connectivity index (χ1) is 12.2. The fraction of sp³-hybridized carbons (Fsp3) is 0.100. The quantitative estimate of drug-likeness (QED) is 0.379. The molecule has 2 heterocycles. The molecule has 0 aliphatic heterocycles. The van der Waals surface area contributed by atoms with Gasteiger partial charge >= 0.3 is 0 Å². The number of aromatic nitrogens is 2. The predicted molar refractivity (Wildman–Crippen MR) is 106 cm³/mol. The van der Waals surface area contributed by atoms with Gasteiger partial charge in [-0.15, -0.1) is 11.3 Å². The Hall–Kier alpha value is -2.37. The molecule has 2 aromatic heterocycles. The van der Waals surface area contributed by atoms with Crippen LogP contribution in [0.3, 0.4) is 0 Å². The van der Waals surface area contributed by atoms with E-state index < -0.39 is 0 Å². The Morgan fingerprint density at radius 1 is 1.04 bits per heavy atom. The van der Waals surface area contributed by atoms with Crippen LogP contribution in [-0.4, -0.2) is 9.55 Å². The number of rotatable bonds is 4. The number of benzene rings is 2.